The van der Waals surface area contributed by atoms with Gasteiger partial charge in [0.1, 0.15) is 23.0 Å². The fourth-order valence-electron chi connectivity index (χ4n) is 2.43. The zero-order valence-electron chi connectivity index (χ0n) is 20.6. The van der Waals surface area contributed by atoms with Gasteiger partial charge in [-0.05, 0) is 24.3 Å². The molecular formula is C24H20N4O12Ti. The quantitative estimate of drug-likeness (QED) is 0.133. The summed E-state index contributed by atoms with van der Waals surface area (Å²) < 4.78 is 0. The van der Waals surface area contributed by atoms with Crippen molar-refractivity contribution in [2.75, 3.05) is 0 Å². The second-order valence-electron chi connectivity index (χ2n) is 7.11. The van der Waals surface area contributed by atoms with E-state index >= 15 is 0 Å². The molecule has 4 rings (SSSR count). The molecule has 4 N–H and O–H groups in total. The third-order valence-electron chi connectivity index (χ3n) is 4.16. The molecule has 0 heterocycles. The number of non-ortho nitro benzene ring substituents is 4. The number of nitrogens with zero attached hydrogens (tertiary/aromatic N) is 4. The Labute approximate surface area is 244 Å². The maximum Gasteiger partial charge on any atom is 0.273 e. The van der Waals surface area contributed by atoms with Crippen molar-refractivity contribution in [1.82, 2.24) is 0 Å². The summed E-state index contributed by atoms with van der Waals surface area (Å²) >= 11 is 0. The van der Waals surface area contributed by atoms with E-state index in [1.54, 1.807) is 0 Å². The molecule has 0 unspecified atom stereocenters. The van der Waals surface area contributed by atoms with Gasteiger partial charge in [-0.3, -0.25) is 40.5 Å². The molecule has 0 aromatic heterocycles. The van der Waals surface area contributed by atoms with Gasteiger partial charge in [0.2, 0.25) is 0 Å². The molecule has 0 aliphatic carbocycles. The number of phenolic OH excluding ortho intramolecular Hbond substituents is 4. The molecule has 0 saturated carbocycles. The van der Waals surface area contributed by atoms with Gasteiger partial charge in [-0.1, -0.05) is 24.3 Å². The summed E-state index contributed by atoms with van der Waals surface area (Å²) in [5.41, 5.74) is -0.389. The van der Waals surface area contributed by atoms with Crippen LogP contribution in [0.2, 0.25) is 0 Å². The van der Waals surface area contributed by atoms with Gasteiger partial charge in [-0.25, -0.2) is 0 Å². The fourth-order valence-corrected chi connectivity index (χ4v) is 2.43. The van der Waals surface area contributed by atoms with Crippen LogP contribution in [0.15, 0.2) is 97.1 Å². The first-order chi connectivity index (χ1) is 18.8. The summed E-state index contributed by atoms with van der Waals surface area (Å²) in [6.07, 6.45) is 0. The second-order valence-corrected chi connectivity index (χ2v) is 7.11. The molecule has 4 aromatic rings. The van der Waals surface area contributed by atoms with Gasteiger partial charge in [0, 0.05) is 46.0 Å². The number of nitro benzene ring substituents is 4. The molecule has 0 fully saturated rings. The van der Waals surface area contributed by atoms with E-state index in [0.29, 0.717) is 0 Å². The molecule has 0 atom stereocenters. The van der Waals surface area contributed by atoms with E-state index in [1.165, 1.54) is 72.8 Å². The minimum absolute atomic E-state index is 0. The van der Waals surface area contributed by atoms with E-state index in [9.17, 15) is 40.5 Å². The molecule has 0 aliphatic rings. The van der Waals surface area contributed by atoms with Crippen LogP contribution in [0.4, 0.5) is 22.7 Å². The molecule has 212 valence electrons. The topological polar surface area (TPSA) is 253 Å². The van der Waals surface area contributed by atoms with Crippen LogP contribution in [-0.4, -0.2) is 40.1 Å². The van der Waals surface area contributed by atoms with Crippen molar-refractivity contribution < 1.29 is 61.8 Å². The molecule has 0 bridgehead atoms. The van der Waals surface area contributed by atoms with Crippen molar-refractivity contribution in [3.05, 3.63) is 138 Å². The average Bonchev–Trinajstić information content (AvgIpc) is 2.90. The minimum Gasteiger partial charge on any atom is -0.508 e. The summed E-state index contributed by atoms with van der Waals surface area (Å²) in [5.74, 6) is -0.355. The summed E-state index contributed by atoms with van der Waals surface area (Å²) in [7, 11) is 0. The number of nitro groups is 4. The van der Waals surface area contributed by atoms with Crippen LogP contribution in [0.25, 0.3) is 0 Å². The molecule has 16 nitrogen and oxygen atoms in total. The molecular weight excluding hydrogens is 584 g/mol. The number of rotatable bonds is 4. The predicted molar refractivity (Wildman–Crippen MR) is 139 cm³/mol. The zero-order valence-corrected chi connectivity index (χ0v) is 22.1. The Balaban J connectivity index is 0.000000516. The first-order valence-electron chi connectivity index (χ1n) is 10.5. The summed E-state index contributed by atoms with van der Waals surface area (Å²) in [5, 5.41) is 75.2. The van der Waals surface area contributed by atoms with Crippen molar-refractivity contribution >= 4 is 22.7 Å². The van der Waals surface area contributed by atoms with Gasteiger partial charge >= 0.3 is 0 Å². The third kappa shape index (κ3) is 14.2. The number of hydrogen-bond acceptors (Lipinski definition) is 12. The van der Waals surface area contributed by atoms with Crippen LogP contribution in [0.5, 0.6) is 23.0 Å². The largest absolute Gasteiger partial charge is 0.508 e. The summed E-state index contributed by atoms with van der Waals surface area (Å²) in [4.78, 5) is 38.0. The maximum absolute atomic E-state index is 10.0. The number of hydrogen-bond donors (Lipinski definition) is 4. The normalized spacial score (nSPS) is 8.98. The van der Waals surface area contributed by atoms with E-state index in [1.807, 2.05) is 0 Å². The maximum atomic E-state index is 10.0. The Morgan fingerprint density at radius 2 is 0.561 bits per heavy atom. The van der Waals surface area contributed by atoms with Crippen LogP contribution in [0, 0.1) is 40.5 Å². The van der Waals surface area contributed by atoms with E-state index in [4.69, 9.17) is 20.4 Å². The Kier molecular flexibility index (Phi) is 15.4. The monoisotopic (exact) mass is 604 g/mol. The standard InChI is InChI=1S/4C6H5NO3.Ti/c4*8-6-3-1-2-5(4-6)7(9)10;/h4*1-4,8H;. The third-order valence-corrected chi connectivity index (χ3v) is 4.16. The molecule has 0 spiro atoms. The molecule has 4 aromatic carbocycles. The summed E-state index contributed by atoms with van der Waals surface area (Å²) in [6, 6.07) is 20.9. The van der Waals surface area contributed by atoms with Crippen LogP contribution in [-0.2, 0) is 21.7 Å². The smallest absolute Gasteiger partial charge is 0.273 e. The van der Waals surface area contributed by atoms with Crippen molar-refractivity contribution in [2.24, 2.45) is 0 Å². The minimum atomic E-state index is -0.556. The SMILES string of the molecule is O=[N+]([O-])c1cccc(O)c1.O=[N+]([O-])c1cccc(O)c1.O=[N+]([O-])c1cccc(O)c1.O=[N+]([O-])c1cccc(O)c1.[Ti]. The van der Waals surface area contributed by atoms with Gasteiger partial charge in [0.05, 0.1) is 44.0 Å². The number of phenols is 4. The fraction of sp³-hybridized carbons (Fsp3) is 0. The number of aromatic hydroxyl groups is 4. The molecule has 0 aliphatic heterocycles. The van der Waals surface area contributed by atoms with Crippen molar-refractivity contribution in [2.45, 2.75) is 0 Å². The van der Waals surface area contributed by atoms with Crippen molar-refractivity contribution in [1.29, 1.82) is 0 Å². The summed E-state index contributed by atoms with van der Waals surface area (Å²) in [6.45, 7) is 0. The van der Waals surface area contributed by atoms with Crippen LogP contribution < -0.4 is 0 Å². The first kappa shape index (κ1) is 35.4. The van der Waals surface area contributed by atoms with Gasteiger partial charge < -0.3 is 20.4 Å². The molecule has 0 amide bonds. The predicted octanol–water partition coefficient (Wildman–Crippen LogP) is 5.20. The van der Waals surface area contributed by atoms with Gasteiger partial charge in [0.25, 0.3) is 22.7 Å². The second kappa shape index (κ2) is 17.8. The van der Waals surface area contributed by atoms with Crippen LogP contribution in [0.3, 0.4) is 0 Å². The average molecular weight is 604 g/mol. The molecule has 0 saturated heterocycles. The van der Waals surface area contributed by atoms with Crippen molar-refractivity contribution in [3.63, 3.8) is 0 Å². The first-order valence-corrected chi connectivity index (χ1v) is 10.5. The van der Waals surface area contributed by atoms with E-state index < -0.39 is 19.7 Å². The Morgan fingerprint density at radius 3 is 0.659 bits per heavy atom. The van der Waals surface area contributed by atoms with Crippen LogP contribution in [0.1, 0.15) is 0 Å². The van der Waals surface area contributed by atoms with Crippen LogP contribution >= 0.6 is 0 Å². The number of benzene rings is 4. The van der Waals surface area contributed by atoms with Gasteiger partial charge in [-0.2, -0.15) is 0 Å². The van der Waals surface area contributed by atoms with Gasteiger partial charge in [-0.15, -0.1) is 0 Å². The molecule has 17 heteroatoms. The van der Waals surface area contributed by atoms with E-state index in [0.717, 1.165) is 24.3 Å². The Morgan fingerprint density at radius 1 is 0.390 bits per heavy atom. The van der Waals surface area contributed by atoms with Gasteiger partial charge in [0.15, 0.2) is 0 Å². The van der Waals surface area contributed by atoms with E-state index in [-0.39, 0.29) is 67.5 Å². The molecule has 0 radical (unpaired) electrons. The van der Waals surface area contributed by atoms with E-state index in [2.05, 4.69) is 0 Å². The Bertz CT molecular complexity index is 1260. The molecule has 41 heavy (non-hydrogen) atoms. The Hall–Kier alpha value is -5.61. The van der Waals surface area contributed by atoms with Crippen molar-refractivity contribution in [3.8, 4) is 23.0 Å². The zero-order chi connectivity index (χ0) is 30.2.